The summed E-state index contributed by atoms with van der Waals surface area (Å²) in [5.41, 5.74) is 8.59. The van der Waals surface area contributed by atoms with Crippen LogP contribution in [0.5, 0.6) is 0 Å². The molecule has 23 heavy (non-hydrogen) atoms. The second-order valence-electron chi connectivity index (χ2n) is 5.37. The molecule has 128 valence electrons. The highest BCUT2D eigenvalue weighted by Gasteiger charge is 2.54. The van der Waals surface area contributed by atoms with Crippen molar-refractivity contribution in [2.75, 3.05) is 13.2 Å². The van der Waals surface area contributed by atoms with E-state index in [1.807, 2.05) is 0 Å². The number of aliphatic hydroxyl groups excluding tert-OH is 1. The zero-order valence-electron chi connectivity index (χ0n) is 12.7. The van der Waals surface area contributed by atoms with Gasteiger partial charge in [0.25, 0.3) is 0 Å². The number of halogens is 1. The number of nitrogens with zero attached hydrogens (tertiary/aromatic N) is 4. The molecule has 10 nitrogen and oxygen atoms in total. The lowest BCUT2D eigenvalue weighted by atomic mass is 10.1. The number of carbonyl (C=O) groups excluding carboxylic acids is 2. The summed E-state index contributed by atoms with van der Waals surface area (Å²) in [6.07, 6.45) is -2.21. The van der Waals surface area contributed by atoms with Gasteiger partial charge in [-0.15, -0.1) is 0 Å². The van der Waals surface area contributed by atoms with Crippen LogP contribution in [0.15, 0.2) is 5.11 Å². The van der Waals surface area contributed by atoms with Crippen LogP contribution in [0.2, 0.25) is 0 Å². The van der Waals surface area contributed by atoms with E-state index in [4.69, 9.17) is 15.0 Å². The van der Waals surface area contributed by atoms with Gasteiger partial charge in [-0.2, -0.15) is 0 Å². The van der Waals surface area contributed by atoms with E-state index in [9.17, 15) is 14.7 Å². The van der Waals surface area contributed by atoms with Gasteiger partial charge < -0.3 is 14.6 Å². The Bertz CT molecular complexity index is 538. The number of hydrogen-bond acceptors (Lipinski definition) is 6. The Hall–Kier alpha value is -1.39. The number of ether oxygens (including phenoxy) is 2. The molecule has 0 aliphatic carbocycles. The lowest BCUT2D eigenvalue weighted by molar-refractivity contribution is -0.158. The van der Waals surface area contributed by atoms with Crippen LogP contribution in [0.1, 0.15) is 20.3 Å². The van der Waals surface area contributed by atoms with Gasteiger partial charge in [-0.1, -0.05) is 21.0 Å². The monoisotopic (exact) mass is 393 g/mol. The lowest BCUT2D eigenvalue weighted by Gasteiger charge is -2.45. The second-order valence-corrected chi connectivity index (χ2v) is 7.02. The largest absolute Gasteiger partial charge is 0.394 e. The summed E-state index contributed by atoms with van der Waals surface area (Å²) in [6, 6.07) is -1.27. The third-order valence-corrected chi connectivity index (χ3v) is 4.59. The highest BCUT2D eigenvalue weighted by molar-refractivity contribution is 9.10. The van der Waals surface area contributed by atoms with E-state index >= 15 is 0 Å². The highest BCUT2D eigenvalue weighted by Crippen LogP contribution is 2.36. The summed E-state index contributed by atoms with van der Waals surface area (Å²) in [7, 11) is 0. The van der Waals surface area contributed by atoms with Crippen molar-refractivity contribution in [2.45, 2.75) is 49.2 Å². The lowest BCUT2D eigenvalue weighted by Crippen LogP contribution is -2.69. The fraction of sp³-hybridized carbons (Fsp3) is 0.833. The molecule has 11 heteroatoms. The first-order valence-corrected chi connectivity index (χ1v) is 7.90. The molecule has 0 radical (unpaired) electrons. The molecule has 2 aliphatic rings. The van der Waals surface area contributed by atoms with Gasteiger partial charge in [0, 0.05) is 17.9 Å². The van der Waals surface area contributed by atoms with Crippen molar-refractivity contribution in [3.63, 3.8) is 0 Å². The number of alkyl halides is 1. The summed E-state index contributed by atoms with van der Waals surface area (Å²) in [5.74, 6) is -0.513. The predicted octanol–water partition coefficient (Wildman–Crippen LogP) is 0.841. The molecule has 2 saturated heterocycles. The van der Waals surface area contributed by atoms with Gasteiger partial charge in [-0.05, 0) is 19.4 Å². The molecular formula is C12H18BrN5O5. The third-order valence-electron chi connectivity index (χ3n) is 3.83. The van der Waals surface area contributed by atoms with Gasteiger partial charge in [-0.3, -0.25) is 15.0 Å². The number of azide groups is 1. The van der Waals surface area contributed by atoms with Crippen molar-refractivity contribution in [3.05, 3.63) is 10.4 Å². The van der Waals surface area contributed by atoms with E-state index in [1.54, 1.807) is 13.8 Å². The Labute approximate surface area is 140 Å². The third kappa shape index (κ3) is 3.29. The maximum atomic E-state index is 12.3. The van der Waals surface area contributed by atoms with Gasteiger partial charge in [-0.25, -0.2) is 4.79 Å². The SMILES string of the molecule is CCO[C@H]1N([C@H]2C[C@H](N=[N+]=[N-])[C@@H](CO)O2)[14C](=O)NC(=O)[C@]1(C)Br. The average Bonchev–Trinajstić information content (AvgIpc) is 2.88. The Morgan fingerprint density at radius 2 is 2.43 bits per heavy atom. The van der Waals surface area contributed by atoms with E-state index in [1.165, 1.54) is 4.90 Å². The summed E-state index contributed by atoms with van der Waals surface area (Å²) >= 11 is 3.30. The topological polar surface area (TPSA) is 137 Å². The molecule has 0 spiro atoms. The first-order valence-electron chi connectivity index (χ1n) is 7.11. The predicted molar refractivity (Wildman–Crippen MR) is 81.4 cm³/mol. The van der Waals surface area contributed by atoms with Crippen LogP contribution in [0.4, 0.5) is 4.79 Å². The summed E-state index contributed by atoms with van der Waals surface area (Å²) < 4.78 is 10.0. The number of nitrogens with one attached hydrogen (secondary N) is 1. The molecular weight excluding hydrogens is 376 g/mol. The van der Waals surface area contributed by atoms with Crippen molar-refractivity contribution in [2.24, 2.45) is 5.11 Å². The summed E-state index contributed by atoms with van der Waals surface area (Å²) in [5, 5.41) is 15.2. The molecule has 0 saturated carbocycles. The molecule has 2 N–H and O–H groups in total. The van der Waals surface area contributed by atoms with Gasteiger partial charge in [0.05, 0.1) is 18.8 Å². The van der Waals surface area contributed by atoms with Gasteiger partial charge in [0.1, 0.15) is 10.6 Å². The number of rotatable bonds is 5. The smallest absolute Gasteiger partial charge is 0.328 e. The molecule has 0 aromatic heterocycles. The fourth-order valence-electron chi connectivity index (χ4n) is 2.68. The molecule has 0 bridgehead atoms. The maximum Gasteiger partial charge on any atom is 0.328 e. The Morgan fingerprint density at radius 1 is 1.74 bits per heavy atom. The molecule has 0 aromatic carbocycles. The number of urea groups is 1. The van der Waals surface area contributed by atoms with Crippen molar-refractivity contribution < 1.29 is 24.2 Å². The quantitative estimate of drug-likeness (QED) is 0.308. The molecule has 0 unspecified atom stereocenters. The van der Waals surface area contributed by atoms with Crippen LogP contribution < -0.4 is 5.32 Å². The number of aliphatic hydroxyl groups is 1. The average molecular weight is 394 g/mol. The number of hydrogen-bond donors (Lipinski definition) is 2. The molecule has 2 rings (SSSR count). The highest BCUT2D eigenvalue weighted by atomic mass is 79.9. The van der Waals surface area contributed by atoms with Crippen molar-refractivity contribution in [3.8, 4) is 0 Å². The van der Waals surface area contributed by atoms with Crippen molar-refractivity contribution in [1.29, 1.82) is 0 Å². The first kappa shape index (κ1) is 18.0. The van der Waals surface area contributed by atoms with Gasteiger partial charge in [0.2, 0.25) is 5.91 Å². The van der Waals surface area contributed by atoms with Gasteiger partial charge >= 0.3 is 6.03 Å². The van der Waals surface area contributed by atoms with Crippen LogP contribution in [-0.4, -0.2) is 64.1 Å². The zero-order chi connectivity index (χ0) is 17.2. The van der Waals surface area contributed by atoms with Crippen LogP contribution >= 0.6 is 15.9 Å². The normalized spacial score (nSPS) is 37.5. The first-order chi connectivity index (χ1) is 10.9. The molecule has 2 heterocycles. The van der Waals surface area contributed by atoms with E-state index < -0.39 is 40.9 Å². The van der Waals surface area contributed by atoms with Crippen molar-refractivity contribution >= 4 is 27.9 Å². The molecule has 5 atom stereocenters. The standard InChI is InChI=1S/C12H18BrN5O5/c1-3-22-10-12(2,13)9(20)15-11(21)18(10)8-4-6(16-17-14)7(5-19)23-8/h6-8,10,19H,3-5H2,1-2H3,(H,15,20,21)/t6-,7+,8+,10+,12-/m0/s1/i11+2. The minimum absolute atomic E-state index is 0.198. The number of amides is 3. The van der Waals surface area contributed by atoms with Gasteiger partial charge in [0.15, 0.2) is 6.23 Å². The molecule has 0 aromatic rings. The minimum atomic E-state index is -1.16. The summed E-state index contributed by atoms with van der Waals surface area (Å²) in [6.45, 7) is 3.26. The van der Waals surface area contributed by atoms with E-state index in [0.717, 1.165) is 0 Å². The molecule has 2 aliphatic heterocycles. The molecule has 2 fully saturated rings. The van der Waals surface area contributed by atoms with Crippen LogP contribution in [-0.2, 0) is 14.3 Å². The second kappa shape index (κ2) is 7.02. The number of imide groups is 1. The van der Waals surface area contributed by atoms with E-state index in [2.05, 4.69) is 31.3 Å². The van der Waals surface area contributed by atoms with E-state index in [-0.39, 0.29) is 19.6 Å². The zero-order valence-corrected chi connectivity index (χ0v) is 14.3. The Morgan fingerprint density at radius 3 is 3.00 bits per heavy atom. The minimum Gasteiger partial charge on any atom is -0.394 e. The van der Waals surface area contributed by atoms with Crippen LogP contribution in [0, 0.1) is 0 Å². The number of carbonyl (C=O) groups is 2. The van der Waals surface area contributed by atoms with Crippen molar-refractivity contribution in [1.82, 2.24) is 10.2 Å². The Kier molecular flexibility index (Phi) is 5.48. The molecule has 3 amide bonds. The fourth-order valence-corrected chi connectivity index (χ4v) is 3.13. The van der Waals surface area contributed by atoms with Crippen LogP contribution in [0.3, 0.4) is 0 Å². The van der Waals surface area contributed by atoms with Crippen LogP contribution in [0.25, 0.3) is 10.4 Å². The maximum absolute atomic E-state index is 12.3. The van der Waals surface area contributed by atoms with E-state index in [0.29, 0.717) is 0 Å². The Balaban J connectivity index is 2.29. The summed E-state index contributed by atoms with van der Waals surface area (Å²) in [4.78, 5) is 28.3.